The van der Waals surface area contributed by atoms with Gasteiger partial charge < -0.3 is 5.11 Å². The molecule has 0 saturated heterocycles. The number of fused-ring (bicyclic) bond motifs is 2. The third kappa shape index (κ3) is 2.83. The van der Waals surface area contributed by atoms with Gasteiger partial charge in [0.2, 0.25) is 0 Å². The van der Waals surface area contributed by atoms with E-state index in [1.165, 1.54) is 12.1 Å². The van der Waals surface area contributed by atoms with Crippen LogP contribution in [0, 0.1) is 5.82 Å². The number of allylic oxidation sites excluding steroid dienone is 2. The molecule has 0 saturated carbocycles. The number of halogens is 1. The van der Waals surface area contributed by atoms with E-state index in [2.05, 4.69) is 4.98 Å². The van der Waals surface area contributed by atoms with Gasteiger partial charge in [0.05, 0.1) is 11.9 Å². The molecule has 1 N–H and O–H groups in total. The highest BCUT2D eigenvalue weighted by Crippen LogP contribution is 2.38. The highest BCUT2D eigenvalue weighted by atomic mass is 19.1. The Kier molecular flexibility index (Phi) is 3.65. The summed E-state index contributed by atoms with van der Waals surface area (Å²) in [4.78, 5) is 15.6. The number of benzene rings is 2. The zero-order valence-electron chi connectivity index (χ0n) is 13.2. The predicted molar refractivity (Wildman–Crippen MR) is 96.2 cm³/mol. The van der Waals surface area contributed by atoms with Crippen LogP contribution >= 0.6 is 0 Å². The molecule has 0 fully saturated rings. The quantitative estimate of drug-likeness (QED) is 0.751. The molecule has 1 heterocycles. The van der Waals surface area contributed by atoms with Crippen LogP contribution in [-0.4, -0.2) is 16.1 Å². The maximum atomic E-state index is 13.6. The average molecular weight is 331 g/mol. The second-order valence-electron chi connectivity index (χ2n) is 5.95. The van der Waals surface area contributed by atoms with Crippen LogP contribution in [0.5, 0.6) is 0 Å². The van der Waals surface area contributed by atoms with Crippen molar-refractivity contribution in [3.8, 4) is 0 Å². The second kappa shape index (κ2) is 5.98. The van der Waals surface area contributed by atoms with E-state index < -0.39 is 5.97 Å². The molecule has 0 radical (unpaired) electrons. The van der Waals surface area contributed by atoms with Crippen molar-refractivity contribution in [3.63, 3.8) is 0 Å². The van der Waals surface area contributed by atoms with Crippen LogP contribution in [0.1, 0.15) is 23.1 Å². The van der Waals surface area contributed by atoms with Crippen molar-refractivity contribution in [3.05, 3.63) is 83.3 Å². The van der Waals surface area contributed by atoms with Gasteiger partial charge >= 0.3 is 5.97 Å². The van der Waals surface area contributed by atoms with Crippen molar-refractivity contribution in [2.45, 2.75) is 6.42 Å². The molecule has 4 rings (SSSR count). The number of carboxylic acids is 1. The molecular weight excluding hydrogens is 317 g/mol. The Bertz CT molecular complexity index is 1060. The third-order valence-corrected chi connectivity index (χ3v) is 4.28. The fourth-order valence-electron chi connectivity index (χ4n) is 3.22. The molecule has 25 heavy (non-hydrogen) atoms. The first kappa shape index (κ1) is 15.3. The van der Waals surface area contributed by atoms with E-state index in [9.17, 15) is 9.18 Å². The predicted octanol–water partition coefficient (Wildman–Crippen LogP) is 4.79. The van der Waals surface area contributed by atoms with Gasteiger partial charge in [-0.1, -0.05) is 30.3 Å². The molecule has 122 valence electrons. The largest absolute Gasteiger partial charge is 0.481 e. The molecular formula is C21H14FNO2. The summed E-state index contributed by atoms with van der Waals surface area (Å²) in [6.45, 7) is 0. The molecule has 1 aliphatic rings. The lowest BCUT2D eigenvalue weighted by atomic mass is 10.0. The van der Waals surface area contributed by atoms with Gasteiger partial charge in [-0.25, -0.2) is 4.39 Å². The number of nitrogens with zero attached hydrogens (tertiary/aromatic N) is 1. The maximum Gasteiger partial charge on any atom is 0.307 e. The van der Waals surface area contributed by atoms with Gasteiger partial charge in [0, 0.05) is 17.1 Å². The number of pyridine rings is 1. The Morgan fingerprint density at radius 2 is 1.96 bits per heavy atom. The SMILES string of the molecule is O=C(O)CC1=C/C(=C\c2cccc3cccnc23)c2ccc(F)cc21. The maximum absolute atomic E-state index is 13.6. The van der Waals surface area contributed by atoms with Crippen LogP contribution in [0.2, 0.25) is 0 Å². The van der Waals surface area contributed by atoms with Crippen LogP contribution in [0.3, 0.4) is 0 Å². The van der Waals surface area contributed by atoms with E-state index in [1.807, 2.05) is 42.5 Å². The molecule has 0 spiro atoms. The Morgan fingerprint density at radius 1 is 1.12 bits per heavy atom. The van der Waals surface area contributed by atoms with Crippen molar-refractivity contribution in [2.24, 2.45) is 0 Å². The molecule has 0 amide bonds. The zero-order chi connectivity index (χ0) is 17.4. The van der Waals surface area contributed by atoms with Crippen molar-refractivity contribution >= 4 is 34.1 Å². The number of hydrogen-bond donors (Lipinski definition) is 1. The van der Waals surface area contributed by atoms with E-state index in [1.54, 1.807) is 12.3 Å². The van der Waals surface area contributed by atoms with Gasteiger partial charge in [-0.2, -0.15) is 0 Å². The first-order valence-corrected chi connectivity index (χ1v) is 7.90. The molecule has 0 aliphatic heterocycles. The molecule has 2 aromatic carbocycles. The summed E-state index contributed by atoms with van der Waals surface area (Å²) in [7, 11) is 0. The first-order chi connectivity index (χ1) is 12.1. The summed E-state index contributed by atoms with van der Waals surface area (Å²) in [6.07, 6.45) is 5.40. The number of carbonyl (C=O) groups is 1. The summed E-state index contributed by atoms with van der Waals surface area (Å²) in [5, 5.41) is 10.2. The Morgan fingerprint density at radius 3 is 2.80 bits per heavy atom. The Balaban J connectivity index is 1.88. The fraction of sp³-hybridized carbons (Fsp3) is 0.0476. The van der Waals surface area contributed by atoms with Gasteiger partial charge in [-0.15, -0.1) is 0 Å². The number of carboxylic acid groups (broad SMARTS) is 1. The molecule has 1 aromatic heterocycles. The molecule has 3 nitrogen and oxygen atoms in total. The van der Waals surface area contributed by atoms with E-state index in [0.717, 1.165) is 27.6 Å². The van der Waals surface area contributed by atoms with Gasteiger partial charge in [-0.3, -0.25) is 9.78 Å². The lowest BCUT2D eigenvalue weighted by molar-refractivity contribution is -0.135. The molecule has 0 unspecified atom stereocenters. The second-order valence-corrected chi connectivity index (χ2v) is 5.95. The monoisotopic (exact) mass is 331 g/mol. The molecule has 4 heteroatoms. The smallest absolute Gasteiger partial charge is 0.307 e. The normalized spacial score (nSPS) is 14.6. The highest BCUT2D eigenvalue weighted by molar-refractivity contribution is 6.06. The molecule has 1 aliphatic carbocycles. The zero-order valence-corrected chi connectivity index (χ0v) is 13.2. The lowest BCUT2D eigenvalue weighted by Crippen LogP contribution is -1.96. The van der Waals surface area contributed by atoms with Crippen LogP contribution in [0.4, 0.5) is 4.39 Å². The van der Waals surface area contributed by atoms with Crippen LogP contribution in [-0.2, 0) is 4.79 Å². The standard InChI is InChI=1S/C21H14FNO2/c22-17-6-7-18-15(10-16(11-20(24)25)19(18)12-17)9-14-4-1-3-13-5-2-8-23-21(13)14/h1-10,12H,11H2,(H,24,25)/b15-9+. The van der Waals surface area contributed by atoms with Crippen LogP contribution < -0.4 is 0 Å². The van der Waals surface area contributed by atoms with E-state index >= 15 is 0 Å². The highest BCUT2D eigenvalue weighted by Gasteiger charge is 2.21. The van der Waals surface area contributed by atoms with Gasteiger partial charge in [0.1, 0.15) is 5.82 Å². The van der Waals surface area contributed by atoms with Crippen LogP contribution in [0.25, 0.3) is 28.1 Å². The number of hydrogen-bond acceptors (Lipinski definition) is 2. The number of rotatable bonds is 3. The van der Waals surface area contributed by atoms with E-state index in [-0.39, 0.29) is 12.2 Å². The van der Waals surface area contributed by atoms with Crippen molar-refractivity contribution in [1.82, 2.24) is 4.98 Å². The minimum Gasteiger partial charge on any atom is -0.481 e. The van der Waals surface area contributed by atoms with Gasteiger partial charge in [0.15, 0.2) is 0 Å². The van der Waals surface area contributed by atoms with Crippen LogP contribution in [0.15, 0.2) is 60.8 Å². The average Bonchev–Trinajstić information content (AvgIpc) is 2.91. The topological polar surface area (TPSA) is 50.2 Å². The Hall–Kier alpha value is -3.27. The summed E-state index contributed by atoms with van der Waals surface area (Å²) < 4.78 is 13.6. The Labute approximate surface area is 143 Å². The summed E-state index contributed by atoms with van der Waals surface area (Å²) in [6, 6.07) is 14.3. The van der Waals surface area contributed by atoms with Crippen molar-refractivity contribution in [1.29, 1.82) is 0 Å². The molecule has 0 atom stereocenters. The lowest BCUT2D eigenvalue weighted by Gasteiger charge is -2.05. The summed E-state index contributed by atoms with van der Waals surface area (Å²) >= 11 is 0. The van der Waals surface area contributed by atoms with Crippen molar-refractivity contribution < 1.29 is 14.3 Å². The minimum atomic E-state index is -0.936. The van der Waals surface area contributed by atoms with Crippen molar-refractivity contribution in [2.75, 3.05) is 0 Å². The minimum absolute atomic E-state index is 0.137. The summed E-state index contributed by atoms with van der Waals surface area (Å²) in [5.74, 6) is -1.31. The number of aliphatic carboxylic acids is 1. The summed E-state index contributed by atoms with van der Waals surface area (Å²) in [5.41, 5.74) is 4.77. The van der Waals surface area contributed by atoms with E-state index in [0.29, 0.717) is 11.1 Å². The molecule has 0 bridgehead atoms. The first-order valence-electron chi connectivity index (χ1n) is 7.90. The molecule has 3 aromatic rings. The van der Waals surface area contributed by atoms with E-state index in [4.69, 9.17) is 5.11 Å². The third-order valence-electron chi connectivity index (χ3n) is 4.28. The van der Waals surface area contributed by atoms with Gasteiger partial charge in [0.25, 0.3) is 0 Å². The fourth-order valence-corrected chi connectivity index (χ4v) is 3.22. The number of aromatic nitrogens is 1. The van der Waals surface area contributed by atoms with Gasteiger partial charge in [-0.05, 0) is 52.6 Å². The number of para-hydroxylation sites is 1.